The van der Waals surface area contributed by atoms with E-state index >= 15 is 0 Å². The molecule has 1 nitrogen and oxygen atoms in total. The van der Waals surface area contributed by atoms with Gasteiger partial charge in [0.25, 0.3) is 0 Å². The summed E-state index contributed by atoms with van der Waals surface area (Å²) in [4.78, 5) is 0. The second kappa shape index (κ2) is 6.05. The predicted octanol–water partition coefficient (Wildman–Crippen LogP) is 3.84. The molecule has 1 heteroatoms. The van der Waals surface area contributed by atoms with Gasteiger partial charge >= 0.3 is 0 Å². The highest BCUT2D eigenvalue weighted by atomic mass is 14.9. The predicted molar refractivity (Wildman–Crippen MR) is 70.5 cm³/mol. The van der Waals surface area contributed by atoms with Gasteiger partial charge in [0.1, 0.15) is 0 Å². The summed E-state index contributed by atoms with van der Waals surface area (Å²) in [5.41, 5.74) is 0. The maximum Gasteiger partial charge on any atom is -0.00153 e. The zero-order valence-corrected chi connectivity index (χ0v) is 11.2. The average molecular weight is 223 g/mol. The Morgan fingerprint density at radius 2 is 1.62 bits per heavy atom. The van der Waals surface area contributed by atoms with Gasteiger partial charge in [0.05, 0.1) is 0 Å². The Bertz CT molecular complexity index is 192. The van der Waals surface area contributed by atoms with Crippen LogP contribution in [0, 0.1) is 23.7 Å². The molecule has 1 saturated heterocycles. The first-order chi connectivity index (χ1) is 7.79. The van der Waals surface area contributed by atoms with Crippen molar-refractivity contribution in [1.82, 2.24) is 5.32 Å². The van der Waals surface area contributed by atoms with Gasteiger partial charge in [-0.2, -0.15) is 0 Å². The third kappa shape index (κ3) is 3.00. The first-order valence-corrected chi connectivity index (χ1v) is 7.49. The molecule has 1 heterocycles. The highest BCUT2D eigenvalue weighted by molar-refractivity contribution is 4.85. The van der Waals surface area contributed by atoms with Gasteiger partial charge in [-0.05, 0) is 43.2 Å². The van der Waals surface area contributed by atoms with E-state index in [4.69, 9.17) is 0 Å². The van der Waals surface area contributed by atoms with Crippen LogP contribution in [0.2, 0.25) is 0 Å². The Morgan fingerprint density at radius 3 is 2.25 bits per heavy atom. The van der Waals surface area contributed by atoms with Crippen molar-refractivity contribution < 1.29 is 0 Å². The van der Waals surface area contributed by atoms with E-state index in [0.717, 1.165) is 23.7 Å². The van der Waals surface area contributed by atoms with E-state index in [1.807, 2.05) is 0 Å². The summed E-state index contributed by atoms with van der Waals surface area (Å²) in [6.07, 6.45) is 10.5. The van der Waals surface area contributed by atoms with Gasteiger partial charge in [-0.15, -0.1) is 0 Å². The van der Waals surface area contributed by atoms with Crippen LogP contribution in [0.3, 0.4) is 0 Å². The molecule has 16 heavy (non-hydrogen) atoms. The zero-order valence-electron chi connectivity index (χ0n) is 11.2. The normalized spacial score (nSPS) is 33.9. The molecule has 1 aliphatic heterocycles. The highest BCUT2D eigenvalue weighted by Gasteiger charge is 2.33. The minimum Gasteiger partial charge on any atom is -0.316 e. The van der Waals surface area contributed by atoms with Crippen molar-refractivity contribution in [2.75, 3.05) is 13.1 Å². The molecule has 1 aliphatic carbocycles. The van der Waals surface area contributed by atoms with Crippen LogP contribution < -0.4 is 5.32 Å². The Hall–Kier alpha value is -0.0400. The third-order valence-electron chi connectivity index (χ3n) is 4.95. The Labute approximate surface area is 101 Å². The molecule has 0 amide bonds. The largest absolute Gasteiger partial charge is 0.316 e. The van der Waals surface area contributed by atoms with Gasteiger partial charge in [-0.3, -0.25) is 0 Å². The molecule has 1 N–H and O–H groups in total. The van der Waals surface area contributed by atoms with Crippen molar-refractivity contribution in [1.29, 1.82) is 0 Å². The average Bonchev–Trinajstić information content (AvgIpc) is 2.57. The Balaban J connectivity index is 1.97. The second-order valence-electron chi connectivity index (χ2n) is 6.32. The number of hydrogen-bond acceptors (Lipinski definition) is 1. The van der Waals surface area contributed by atoms with Crippen molar-refractivity contribution in [3.63, 3.8) is 0 Å². The molecule has 0 bridgehead atoms. The molecule has 2 fully saturated rings. The summed E-state index contributed by atoms with van der Waals surface area (Å²) in [6, 6.07) is 0. The van der Waals surface area contributed by atoms with Crippen LogP contribution in [0.1, 0.15) is 58.8 Å². The summed E-state index contributed by atoms with van der Waals surface area (Å²) in [5, 5.41) is 3.60. The van der Waals surface area contributed by atoms with E-state index in [0.29, 0.717) is 0 Å². The number of piperidine rings is 1. The highest BCUT2D eigenvalue weighted by Crippen LogP contribution is 2.38. The van der Waals surface area contributed by atoms with Gasteiger partial charge in [0, 0.05) is 0 Å². The number of rotatable bonds is 2. The van der Waals surface area contributed by atoms with Gasteiger partial charge in [-0.25, -0.2) is 0 Å². The van der Waals surface area contributed by atoms with E-state index in [1.54, 1.807) is 0 Å². The van der Waals surface area contributed by atoms with Crippen molar-refractivity contribution in [3.05, 3.63) is 0 Å². The fourth-order valence-corrected chi connectivity index (χ4v) is 3.96. The smallest absolute Gasteiger partial charge is 0.00153 e. The topological polar surface area (TPSA) is 12.0 Å². The summed E-state index contributed by atoms with van der Waals surface area (Å²) in [6.45, 7) is 7.38. The lowest BCUT2D eigenvalue weighted by Crippen LogP contribution is -2.42. The quantitative estimate of drug-likeness (QED) is 0.701. The number of hydrogen-bond donors (Lipinski definition) is 1. The second-order valence-corrected chi connectivity index (χ2v) is 6.32. The van der Waals surface area contributed by atoms with Gasteiger partial charge < -0.3 is 5.32 Å². The van der Waals surface area contributed by atoms with E-state index in [-0.39, 0.29) is 0 Å². The first-order valence-electron chi connectivity index (χ1n) is 7.49. The minimum absolute atomic E-state index is 0.862. The monoisotopic (exact) mass is 223 g/mol. The lowest BCUT2D eigenvalue weighted by atomic mass is 9.70. The minimum atomic E-state index is 0.862. The molecule has 2 atom stereocenters. The van der Waals surface area contributed by atoms with Crippen molar-refractivity contribution in [2.24, 2.45) is 23.7 Å². The Kier molecular flexibility index (Phi) is 4.69. The molecular weight excluding hydrogens is 194 g/mol. The Morgan fingerprint density at radius 1 is 0.938 bits per heavy atom. The lowest BCUT2D eigenvalue weighted by Gasteiger charge is -2.39. The third-order valence-corrected chi connectivity index (χ3v) is 4.95. The molecule has 0 radical (unpaired) electrons. The van der Waals surface area contributed by atoms with Gasteiger partial charge in [0.2, 0.25) is 0 Å². The summed E-state index contributed by atoms with van der Waals surface area (Å²) >= 11 is 0. The maximum atomic E-state index is 3.60. The molecule has 0 spiro atoms. The van der Waals surface area contributed by atoms with Gasteiger partial charge in [-0.1, -0.05) is 52.4 Å². The molecule has 2 unspecified atom stereocenters. The fraction of sp³-hybridized carbons (Fsp3) is 1.00. The molecule has 0 aromatic rings. The van der Waals surface area contributed by atoms with Crippen molar-refractivity contribution >= 4 is 0 Å². The maximum absolute atomic E-state index is 3.60. The molecule has 2 aliphatic rings. The van der Waals surface area contributed by atoms with Crippen LogP contribution >= 0.6 is 0 Å². The van der Waals surface area contributed by atoms with Crippen LogP contribution in [0.5, 0.6) is 0 Å². The van der Waals surface area contributed by atoms with Crippen LogP contribution in [0.4, 0.5) is 0 Å². The van der Waals surface area contributed by atoms with Gasteiger partial charge in [0.15, 0.2) is 0 Å². The van der Waals surface area contributed by atoms with Crippen molar-refractivity contribution in [3.8, 4) is 0 Å². The molecule has 2 rings (SSSR count). The molecule has 1 saturated carbocycles. The lowest BCUT2D eigenvalue weighted by molar-refractivity contribution is 0.123. The molecule has 94 valence electrons. The van der Waals surface area contributed by atoms with Crippen LogP contribution in [0.25, 0.3) is 0 Å². The first kappa shape index (κ1) is 12.4. The van der Waals surface area contributed by atoms with Crippen molar-refractivity contribution in [2.45, 2.75) is 58.8 Å². The standard InChI is InChI=1S/C15H29N/c1-12(2)15-11-16-10-9-14(15)13-7-5-3-4-6-8-13/h12-16H,3-11H2,1-2H3. The zero-order chi connectivity index (χ0) is 11.4. The SMILES string of the molecule is CC(C)C1CNCCC1C1CCCCCC1. The van der Waals surface area contributed by atoms with E-state index < -0.39 is 0 Å². The van der Waals surface area contributed by atoms with E-state index in [9.17, 15) is 0 Å². The van der Waals surface area contributed by atoms with Crippen LogP contribution in [0.15, 0.2) is 0 Å². The van der Waals surface area contributed by atoms with Crippen LogP contribution in [-0.2, 0) is 0 Å². The fourth-order valence-electron chi connectivity index (χ4n) is 3.96. The molecule has 0 aromatic carbocycles. The summed E-state index contributed by atoms with van der Waals surface area (Å²) in [5.74, 6) is 3.88. The van der Waals surface area contributed by atoms with Crippen LogP contribution in [-0.4, -0.2) is 13.1 Å². The van der Waals surface area contributed by atoms with E-state index in [2.05, 4.69) is 19.2 Å². The number of nitrogens with one attached hydrogen (secondary N) is 1. The molecular formula is C15H29N. The van der Waals surface area contributed by atoms with E-state index in [1.165, 1.54) is 58.0 Å². The molecule has 0 aromatic heterocycles. The summed E-state index contributed by atoms with van der Waals surface area (Å²) in [7, 11) is 0. The summed E-state index contributed by atoms with van der Waals surface area (Å²) < 4.78 is 0.